The average molecular weight is 215 g/mol. The molecule has 0 spiro atoms. The Morgan fingerprint density at radius 2 is 2.21 bits per heavy atom. The maximum atomic E-state index is 8.94. The monoisotopic (exact) mass is 215 g/mol. The summed E-state index contributed by atoms with van der Waals surface area (Å²) in [5.41, 5.74) is 0.0271. The Morgan fingerprint density at radius 3 is 2.57 bits per heavy atom. The SMILES string of the molecule is COC(c1ncc(CO)s1)C(C)(C)C. The molecule has 80 valence electrons. The number of aliphatic hydroxyl groups is 1. The van der Waals surface area contributed by atoms with Gasteiger partial charge in [0.05, 0.1) is 11.5 Å². The van der Waals surface area contributed by atoms with E-state index in [4.69, 9.17) is 9.84 Å². The van der Waals surface area contributed by atoms with Crippen molar-refractivity contribution in [3.05, 3.63) is 16.1 Å². The number of aromatic nitrogens is 1. The minimum Gasteiger partial charge on any atom is -0.391 e. The van der Waals surface area contributed by atoms with Gasteiger partial charge in [0.15, 0.2) is 0 Å². The lowest BCUT2D eigenvalue weighted by atomic mass is 9.89. The van der Waals surface area contributed by atoms with Gasteiger partial charge in [-0.15, -0.1) is 11.3 Å². The zero-order chi connectivity index (χ0) is 10.8. The molecular formula is C10H17NO2S. The van der Waals surface area contributed by atoms with Gasteiger partial charge in [0.1, 0.15) is 11.1 Å². The number of rotatable bonds is 3. The fourth-order valence-electron chi connectivity index (χ4n) is 1.34. The van der Waals surface area contributed by atoms with E-state index in [1.165, 1.54) is 11.3 Å². The van der Waals surface area contributed by atoms with Crippen LogP contribution in [0.1, 0.15) is 36.8 Å². The first kappa shape index (κ1) is 11.6. The first-order valence-corrected chi connectivity index (χ1v) is 5.39. The van der Waals surface area contributed by atoms with Gasteiger partial charge in [-0.1, -0.05) is 20.8 Å². The molecule has 14 heavy (non-hydrogen) atoms. The molecule has 0 aliphatic carbocycles. The van der Waals surface area contributed by atoms with Crippen LogP contribution in [0.15, 0.2) is 6.20 Å². The molecule has 1 aromatic heterocycles. The maximum Gasteiger partial charge on any atom is 0.122 e. The third kappa shape index (κ3) is 2.53. The van der Waals surface area contributed by atoms with E-state index in [-0.39, 0.29) is 18.1 Å². The van der Waals surface area contributed by atoms with Gasteiger partial charge >= 0.3 is 0 Å². The van der Waals surface area contributed by atoms with Crippen molar-refractivity contribution < 1.29 is 9.84 Å². The van der Waals surface area contributed by atoms with Crippen LogP contribution in [0.25, 0.3) is 0 Å². The first-order chi connectivity index (χ1) is 6.49. The van der Waals surface area contributed by atoms with Crippen molar-refractivity contribution in [3.8, 4) is 0 Å². The smallest absolute Gasteiger partial charge is 0.122 e. The molecule has 0 fully saturated rings. The average Bonchev–Trinajstić information content (AvgIpc) is 2.51. The molecule has 4 heteroatoms. The molecule has 1 atom stereocenters. The molecule has 1 aromatic rings. The molecule has 3 nitrogen and oxygen atoms in total. The summed E-state index contributed by atoms with van der Waals surface area (Å²) in [4.78, 5) is 5.14. The summed E-state index contributed by atoms with van der Waals surface area (Å²) >= 11 is 1.51. The standard InChI is InChI=1S/C10H17NO2S/c1-10(2,3)8(13-4)9-11-5-7(6-12)14-9/h5,8,12H,6H2,1-4H3. The fourth-order valence-corrected chi connectivity index (χ4v) is 2.44. The Morgan fingerprint density at radius 1 is 1.57 bits per heavy atom. The first-order valence-electron chi connectivity index (χ1n) is 4.57. The van der Waals surface area contributed by atoms with Crippen molar-refractivity contribution in [3.63, 3.8) is 0 Å². The van der Waals surface area contributed by atoms with Gasteiger partial charge in [0.25, 0.3) is 0 Å². The van der Waals surface area contributed by atoms with Crippen molar-refractivity contribution in [2.45, 2.75) is 33.5 Å². The van der Waals surface area contributed by atoms with Crippen LogP contribution in [0, 0.1) is 5.41 Å². The van der Waals surface area contributed by atoms with Crippen LogP contribution in [0.4, 0.5) is 0 Å². The minimum atomic E-state index is -0.00667. The molecule has 0 aliphatic rings. The quantitative estimate of drug-likeness (QED) is 0.841. The molecule has 0 bridgehead atoms. The van der Waals surface area contributed by atoms with E-state index in [2.05, 4.69) is 25.8 Å². The minimum absolute atomic E-state index is 0.00667. The molecule has 0 radical (unpaired) electrons. The highest BCUT2D eigenvalue weighted by Gasteiger charge is 2.28. The zero-order valence-electron chi connectivity index (χ0n) is 9.07. The summed E-state index contributed by atoms with van der Waals surface area (Å²) in [6.45, 7) is 6.39. The Bertz CT molecular complexity index is 291. The van der Waals surface area contributed by atoms with Gasteiger partial charge in [-0.25, -0.2) is 4.98 Å². The molecule has 0 aromatic carbocycles. The molecular weight excluding hydrogens is 198 g/mol. The van der Waals surface area contributed by atoms with E-state index in [1.807, 2.05) is 0 Å². The Labute approximate surface area is 88.8 Å². The van der Waals surface area contributed by atoms with Gasteiger partial charge in [-0.2, -0.15) is 0 Å². The predicted octanol–water partition coefficient (Wildman–Crippen LogP) is 2.37. The Hall–Kier alpha value is -0.450. The van der Waals surface area contributed by atoms with Gasteiger partial charge < -0.3 is 9.84 Å². The third-order valence-corrected chi connectivity index (χ3v) is 3.00. The largest absolute Gasteiger partial charge is 0.391 e. The summed E-state index contributed by atoms with van der Waals surface area (Å²) in [6.07, 6.45) is 1.70. The van der Waals surface area contributed by atoms with Crippen LogP contribution in [0.5, 0.6) is 0 Å². The number of hydrogen-bond donors (Lipinski definition) is 1. The number of thiazole rings is 1. The van der Waals surface area contributed by atoms with Gasteiger partial charge in [0.2, 0.25) is 0 Å². The van der Waals surface area contributed by atoms with Crippen molar-refractivity contribution in [1.82, 2.24) is 4.98 Å². The van der Waals surface area contributed by atoms with Gasteiger partial charge in [-0.05, 0) is 5.41 Å². The highest BCUT2D eigenvalue weighted by molar-refractivity contribution is 7.11. The van der Waals surface area contributed by atoms with Crippen molar-refractivity contribution in [1.29, 1.82) is 0 Å². The van der Waals surface area contributed by atoms with E-state index >= 15 is 0 Å². The van der Waals surface area contributed by atoms with Gasteiger partial charge in [-0.3, -0.25) is 0 Å². The highest BCUT2D eigenvalue weighted by atomic mass is 32.1. The van der Waals surface area contributed by atoms with Crippen LogP contribution in [0.2, 0.25) is 0 Å². The summed E-state index contributed by atoms with van der Waals surface area (Å²) < 4.78 is 5.42. The summed E-state index contributed by atoms with van der Waals surface area (Å²) in [5.74, 6) is 0. The number of methoxy groups -OCH3 is 1. The second kappa shape index (κ2) is 4.38. The molecule has 0 amide bonds. The third-order valence-electron chi connectivity index (χ3n) is 1.97. The molecule has 1 heterocycles. The fraction of sp³-hybridized carbons (Fsp3) is 0.700. The van der Waals surface area contributed by atoms with E-state index < -0.39 is 0 Å². The number of aliphatic hydroxyl groups excluding tert-OH is 1. The predicted molar refractivity (Wildman–Crippen MR) is 57.2 cm³/mol. The normalized spacial score (nSPS) is 14.4. The van der Waals surface area contributed by atoms with Crippen LogP contribution < -0.4 is 0 Å². The highest BCUT2D eigenvalue weighted by Crippen LogP contribution is 2.37. The summed E-state index contributed by atoms with van der Waals surface area (Å²) in [5, 5.41) is 9.87. The lowest BCUT2D eigenvalue weighted by Crippen LogP contribution is -2.19. The molecule has 0 saturated heterocycles. The second-order valence-electron chi connectivity index (χ2n) is 4.30. The number of ether oxygens (including phenoxy) is 1. The van der Waals surface area contributed by atoms with Gasteiger partial charge in [0, 0.05) is 13.3 Å². The Kier molecular flexibility index (Phi) is 3.64. The van der Waals surface area contributed by atoms with E-state index in [0.29, 0.717) is 0 Å². The van der Waals surface area contributed by atoms with Crippen molar-refractivity contribution >= 4 is 11.3 Å². The van der Waals surface area contributed by atoms with Crippen LogP contribution >= 0.6 is 11.3 Å². The van der Waals surface area contributed by atoms with Crippen molar-refractivity contribution in [2.75, 3.05) is 7.11 Å². The lowest BCUT2D eigenvalue weighted by Gasteiger charge is -2.27. The zero-order valence-corrected chi connectivity index (χ0v) is 9.89. The summed E-state index contributed by atoms with van der Waals surface area (Å²) in [7, 11) is 1.69. The number of hydrogen-bond acceptors (Lipinski definition) is 4. The second-order valence-corrected chi connectivity index (χ2v) is 5.45. The topological polar surface area (TPSA) is 42.4 Å². The Balaban J connectivity index is 2.90. The van der Waals surface area contributed by atoms with Crippen LogP contribution in [0.3, 0.4) is 0 Å². The lowest BCUT2D eigenvalue weighted by molar-refractivity contribution is 0.0150. The van der Waals surface area contributed by atoms with E-state index in [1.54, 1.807) is 13.3 Å². The van der Waals surface area contributed by atoms with E-state index in [0.717, 1.165) is 9.88 Å². The molecule has 1 rings (SSSR count). The molecule has 0 saturated carbocycles. The van der Waals surface area contributed by atoms with Crippen LogP contribution in [-0.4, -0.2) is 17.2 Å². The van der Waals surface area contributed by atoms with Crippen LogP contribution in [-0.2, 0) is 11.3 Å². The maximum absolute atomic E-state index is 8.94. The molecule has 1 unspecified atom stereocenters. The molecule has 0 aliphatic heterocycles. The number of nitrogens with zero attached hydrogens (tertiary/aromatic N) is 1. The van der Waals surface area contributed by atoms with Crippen molar-refractivity contribution in [2.24, 2.45) is 5.41 Å². The molecule has 1 N–H and O–H groups in total. The summed E-state index contributed by atoms with van der Waals surface area (Å²) in [6, 6.07) is 0. The van der Waals surface area contributed by atoms with E-state index in [9.17, 15) is 0 Å².